The van der Waals surface area contributed by atoms with E-state index in [1.165, 1.54) is 0 Å². The third-order valence-electron chi connectivity index (χ3n) is 6.88. The maximum Gasteiger partial charge on any atom is 0.234 e. The first-order chi connectivity index (χ1) is 16.1. The fraction of sp³-hybridized carbons (Fsp3) is 0.276. The number of hydrogen-bond donors (Lipinski definition) is 1. The van der Waals surface area contributed by atoms with Gasteiger partial charge in [0.25, 0.3) is 0 Å². The minimum atomic E-state index is -0.276. The van der Waals surface area contributed by atoms with Crippen LogP contribution in [0.2, 0.25) is 0 Å². The second-order valence-electron chi connectivity index (χ2n) is 9.07. The first-order valence-corrected chi connectivity index (χ1v) is 11.7. The average molecular weight is 439 g/mol. The van der Waals surface area contributed by atoms with Crippen LogP contribution >= 0.6 is 0 Å². The Labute approximate surface area is 195 Å². The van der Waals surface area contributed by atoms with Gasteiger partial charge >= 0.3 is 0 Å². The summed E-state index contributed by atoms with van der Waals surface area (Å²) in [6, 6.07) is 30.7. The predicted molar refractivity (Wildman–Crippen MR) is 132 cm³/mol. The summed E-state index contributed by atoms with van der Waals surface area (Å²) in [5.74, 6) is -0.100. The summed E-state index contributed by atoms with van der Waals surface area (Å²) >= 11 is 0. The van der Waals surface area contributed by atoms with Crippen LogP contribution in [0.3, 0.4) is 0 Å². The number of amides is 1. The number of nitrogens with zero attached hydrogens (tertiary/aromatic N) is 2. The molecule has 3 aromatic carbocycles. The number of carbonyl (C=O) groups excluding carboxylic acids is 1. The molecule has 4 heteroatoms. The quantitative estimate of drug-likeness (QED) is 0.591. The van der Waals surface area contributed by atoms with E-state index in [1.807, 2.05) is 66.5 Å². The molecule has 3 aromatic rings. The van der Waals surface area contributed by atoms with Gasteiger partial charge in [-0.25, -0.2) is 0 Å². The van der Waals surface area contributed by atoms with Gasteiger partial charge in [0.2, 0.25) is 5.91 Å². The third-order valence-corrected chi connectivity index (χ3v) is 6.88. The number of benzene rings is 3. The monoisotopic (exact) mass is 438 g/mol. The Morgan fingerprint density at radius 3 is 1.91 bits per heavy atom. The van der Waals surface area contributed by atoms with Crippen LogP contribution in [0.1, 0.15) is 29.2 Å². The van der Waals surface area contributed by atoms with E-state index in [-0.39, 0.29) is 24.0 Å². The van der Waals surface area contributed by atoms with Gasteiger partial charge in [0.1, 0.15) is 0 Å². The Morgan fingerprint density at radius 2 is 1.42 bits per heavy atom. The molecule has 0 spiro atoms. The van der Waals surface area contributed by atoms with Gasteiger partial charge in [-0.05, 0) is 34.3 Å². The van der Waals surface area contributed by atoms with Crippen LogP contribution in [0.15, 0.2) is 91.0 Å². The van der Waals surface area contributed by atoms with Crippen LogP contribution in [-0.2, 0) is 4.79 Å². The minimum absolute atomic E-state index is 0.0707. The molecule has 0 radical (unpaired) electrons. The number of likely N-dealkylation sites (tertiary alicyclic amines) is 1. The van der Waals surface area contributed by atoms with E-state index < -0.39 is 0 Å². The Kier molecular flexibility index (Phi) is 6.12. The van der Waals surface area contributed by atoms with Crippen LogP contribution in [0.4, 0.5) is 0 Å². The van der Waals surface area contributed by atoms with Gasteiger partial charge in [-0.15, -0.1) is 0 Å². The number of carbonyl (C=O) groups is 1. The molecule has 1 fully saturated rings. The molecular weight excluding hydrogens is 408 g/mol. The van der Waals surface area contributed by atoms with E-state index in [4.69, 9.17) is 0 Å². The highest BCUT2D eigenvalue weighted by Gasteiger charge is 2.46. The molecule has 1 amide bonds. The lowest BCUT2D eigenvalue weighted by molar-refractivity contribution is -0.132. The Morgan fingerprint density at radius 1 is 0.909 bits per heavy atom. The second-order valence-corrected chi connectivity index (χ2v) is 9.07. The zero-order valence-electron chi connectivity index (χ0n) is 19.0. The van der Waals surface area contributed by atoms with Crippen molar-refractivity contribution in [2.24, 2.45) is 5.92 Å². The topological polar surface area (TPSA) is 43.8 Å². The van der Waals surface area contributed by atoms with Crippen molar-refractivity contribution in [2.45, 2.75) is 18.6 Å². The molecule has 5 rings (SSSR count). The molecule has 2 aliphatic rings. The maximum absolute atomic E-state index is 13.9. The zero-order chi connectivity index (χ0) is 22.8. The van der Waals surface area contributed by atoms with Gasteiger partial charge in [-0.2, -0.15) is 0 Å². The SMILES string of the molecule is CN(C(=O)C1C(c2ccccc2)=C1c1ccccc1)[C@H](CN1CC[C@H](O)C1)c1ccccc1. The van der Waals surface area contributed by atoms with Crippen LogP contribution < -0.4 is 0 Å². The van der Waals surface area contributed by atoms with Gasteiger partial charge in [0, 0.05) is 26.7 Å². The second kappa shape index (κ2) is 9.34. The van der Waals surface area contributed by atoms with Gasteiger partial charge < -0.3 is 10.0 Å². The molecule has 0 unspecified atom stereocenters. The van der Waals surface area contributed by atoms with Crippen molar-refractivity contribution >= 4 is 17.1 Å². The van der Waals surface area contributed by atoms with Crippen molar-refractivity contribution in [3.63, 3.8) is 0 Å². The molecule has 2 atom stereocenters. The summed E-state index contributed by atoms with van der Waals surface area (Å²) in [5.41, 5.74) is 5.60. The minimum Gasteiger partial charge on any atom is -0.392 e. The van der Waals surface area contributed by atoms with Gasteiger partial charge in [-0.3, -0.25) is 9.69 Å². The molecule has 4 nitrogen and oxygen atoms in total. The Hall–Kier alpha value is -3.21. The first kappa shape index (κ1) is 21.6. The number of likely N-dealkylation sites (N-methyl/N-ethyl adjacent to an activating group) is 1. The summed E-state index contributed by atoms with van der Waals surface area (Å²) in [6.45, 7) is 2.24. The smallest absolute Gasteiger partial charge is 0.234 e. The lowest BCUT2D eigenvalue weighted by Crippen LogP contribution is -2.40. The molecule has 1 aliphatic heterocycles. The molecule has 0 aromatic heterocycles. The molecule has 1 aliphatic carbocycles. The summed E-state index contributed by atoms with van der Waals surface area (Å²) in [4.78, 5) is 18.1. The fourth-order valence-electron chi connectivity index (χ4n) is 5.06. The van der Waals surface area contributed by atoms with Gasteiger partial charge in [0.15, 0.2) is 0 Å². The molecule has 0 bridgehead atoms. The maximum atomic E-state index is 13.9. The van der Waals surface area contributed by atoms with Crippen molar-refractivity contribution in [3.05, 3.63) is 108 Å². The number of aliphatic hydroxyl groups is 1. The lowest BCUT2D eigenvalue weighted by atomic mass is 10.0. The highest BCUT2D eigenvalue weighted by molar-refractivity contribution is 6.23. The summed E-state index contributed by atoms with van der Waals surface area (Å²) in [7, 11) is 1.93. The largest absolute Gasteiger partial charge is 0.392 e. The first-order valence-electron chi connectivity index (χ1n) is 11.7. The summed E-state index contributed by atoms with van der Waals surface area (Å²) in [5, 5.41) is 10.0. The molecule has 1 heterocycles. The Balaban J connectivity index is 1.44. The van der Waals surface area contributed by atoms with Crippen LogP contribution in [0.25, 0.3) is 11.1 Å². The van der Waals surface area contributed by atoms with E-state index in [9.17, 15) is 9.90 Å². The normalized spacial score (nSPS) is 19.5. The number of rotatable bonds is 7. The van der Waals surface area contributed by atoms with E-state index in [1.54, 1.807) is 0 Å². The van der Waals surface area contributed by atoms with Crippen molar-refractivity contribution < 1.29 is 9.90 Å². The molecular formula is C29H30N2O2. The number of β-amino-alcohol motifs (C(OH)–C–C–N with tert-alkyl or cyclic N) is 1. The van der Waals surface area contributed by atoms with E-state index in [2.05, 4.69) is 41.3 Å². The Bertz CT molecular complexity index is 1080. The summed E-state index contributed by atoms with van der Waals surface area (Å²) in [6.07, 6.45) is 0.515. The number of aliphatic hydroxyl groups excluding tert-OH is 1. The molecule has 33 heavy (non-hydrogen) atoms. The molecule has 0 saturated carbocycles. The zero-order valence-corrected chi connectivity index (χ0v) is 19.0. The molecule has 1 saturated heterocycles. The van der Waals surface area contributed by atoms with E-state index >= 15 is 0 Å². The summed E-state index contributed by atoms with van der Waals surface area (Å²) < 4.78 is 0. The van der Waals surface area contributed by atoms with Crippen LogP contribution in [0.5, 0.6) is 0 Å². The standard InChI is InChI=1S/C29H30N2O2/c1-30(25(21-11-5-2-6-12-21)20-31-18-17-24(32)19-31)29(33)28-26(22-13-7-3-8-14-22)27(28)23-15-9-4-10-16-23/h2-16,24-25,28,32H,17-20H2,1H3/t24-,25+/m0/s1. The van der Waals surface area contributed by atoms with Crippen molar-refractivity contribution in [2.75, 3.05) is 26.7 Å². The molecule has 1 N–H and O–H groups in total. The lowest BCUT2D eigenvalue weighted by Gasteiger charge is -2.32. The van der Waals surface area contributed by atoms with E-state index in [0.717, 1.165) is 47.3 Å². The van der Waals surface area contributed by atoms with Crippen LogP contribution in [0, 0.1) is 5.92 Å². The average Bonchev–Trinajstić information content (AvgIpc) is 3.49. The van der Waals surface area contributed by atoms with Crippen LogP contribution in [-0.4, -0.2) is 53.6 Å². The molecule has 168 valence electrons. The predicted octanol–water partition coefficient (Wildman–Crippen LogP) is 4.49. The third kappa shape index (κ3) is 4.50. The van der Waals surface area contributed by atoms with Gasteiger partial charge in [0.05, 0.1) is 18.1 Å². The van der Waals surface area contributed by atoms with Crippen molar-refractivity contribution in [3.8, 4) is 0 Å². The van der Waals surface area contributed by atoms with E-state index in [0.29, 0.717) is 6.54 Å². The highest BCUT2D eigenvalue weighted by Crippen LogP contribution is 2.54. The highest BCUT2D eigenvalue weighted by atomic mass is 16.3. The van der Waals surface area contributed by atoms with Crippen molar-refractivity contribution in [1.82, 2.24) is 9.80 Å². The fourth-order valence-corrected chi connectivity index (χ4v) is 5.06. The van der Waals surface area contributed by atoms with Gasteiger partial charge in [-0.1, -0.05) is 91.0 Å². The number of hydrogen-bond acceptors (Lipinski definition) is 3. The van der Waals surface area contributed by atoms with Crippen molar-refractivity contribution in [1.29, 1.82) is 0 Å².